The van der Waals surface area contributed by atoms with Crippen LogP contribution < -0.4 is 9.47 Å². The molecule has 3 rings (SSSR count). The smallest absolute Gasteiger partial charge is 0.119 e. The van der Waals surface area contributed by atoms with Crippen LogP contribution in [0.25, 0.3) is 0 Å². The van der Waals surface area contributed by atoms with Gasteiger partial charge >= 0.3 is 0 Å². The van der Waals surface area contributed by atoms with Crippen LogP contribution in [0.2, 0.25) is 0 Å². The van der Waals surface area contributed by atoms with Gasteiger partial charge in [0.05, 0.1) is 6.61 Å². The first-order chi connectivity index (χ1) is 13.3. The first-order valence-corrected chi connectivity index (χ1v) is 10.7. The Balaban J connectivity index is 1.46. The summed E-state index contributed by atoms with van der Waals surface area (Å²) in [6, 6.07) is 16.9. The van der Waals surface area contributed by atoms with Crippen LogP contribution in [0.3, 0.4) is 0 Å². The van der Waals surface area contributed by atoms with Gasteiger partial charge in [-0.1, -0.05) is 50.5 Å². The second kappa shape index (κ2) is 10.4. The zero-order chi connectivity index (χ0) is 18.9. The molecule has 27 heavy (non-hydrogen) atoms. The van der Waals surface area contributed by atoms with Crippen molar-refractivity contribution >= 4 is 0 Å². The molecule has 2 aromatic carbocycles. The molecule has 0 aliphatic heterocycles. The predicted molar refractivity (Wildman–Crippen MR) is 113 cm³/mol. The Labute approximate surface area is 164 Å². The molecular weight excluding hydrogens is 332 g/mol. The number of hydrogen-bond donors (Lipinski definition) is 0. The fraction of sp³-hybridized carbons (Fsp3) is 0.520. The molecule has 1 aliphatic carbocycles. The largest absolute Gasteiger partial charge is 0.494 e. The van der Waals surface area contributed by atoms with E-state index in [1.54, 1.807) is 0 Å². The van der Waals surface area contributed by atoms with Gasteiger partial charge in [0.1, 0.15) is 18.1 Å². The van der Waals surface area contributed by atoms with E-state index in [0.717, 1.165) is 28.9 Å². The zero-order valence-corrected chi connectivity index (χ0v) is 17.0. The molecule has 0 bridgehead atoms. The van der Waals surface area contributed by atoms with Gasteiger partial charge in [-0.25, -0.2) is 0 Å². The normalized spacial score (nSPS) is 19.6. The van der Waals surface area contributed by atoms with E-state index in [1.807, 2.05) is 19.1 Å². The number of ether oxygens (including phenoxy) is 2. The molecule has 0 heterocycles. The van der Waals surface area contributed by atoms with Crippen LogP contribution >= 0.6 is 0 Å². The predicted octanol–water partition coefficient (Wildman–Crippen LogP) is 7.13. The number of benzene rings is 2. The van der Waals surface area contributed by atoms with Crippen molar-refractivity contribution < 1.29 is 9.47 Å². The molecule has 0 spiro atoms. The van der Waals surface area contributed by atoms with Crippen LogP contribution in [0.1, 0.15) is 75.8 Å². The minimum Gasteiger partial charge on any atom is -0.494 e. The van der Waals surface area contributed by atoms with Crippen LogP contribution in [0.5, 0.6) is 11.5 Å². The highest BCUT2D eigenvalue weighted by Gasteiger charge is 2.21. The highest BCUT2D eigenvalue weighted by atomic mass is 16.5. The van der Waals surface area contributed by atoms with Crippen LogP contribution in [0.4, 0.5) is 0 Å². The summed E-state index contributed by atoms with van der Waals surface area (Å²) < 4.78 is 11.4. The Morgan fingerprint density at radius 3 is 2.04 bits per heavy atom. The van der Waals surface area contributed by atoms with Gasteiger partial charge in [-0.15, -0.1) is 0 Å². The van der Waals surface area contributed by atoms with Crippen molar-refractivity contribution in [1.29, 1.82) is 0 Å². The second-order valence-electron chi connectivity index (χ2n) is 7.79. The molecule has 2 heteroatoms. The van der Waals surface area contributed by atoms with E-state index in [4.69, 9.17) is 9.47 Å². The standard InChI is InChI=1S/C25H34O2/c1-3-5-6-20-7-11-22(12-8-20)23-13-17-25(18-14-23)27-19-21-9-15-24(16-10-21)26-4-2/h9-10,13-18,20,22H,3-8,11-12,19H2,1-2H3/t20-,22-. The van der Waals surface area contributed by atoms with Gasteiger partial charge in [0.2, 0.25) is 0 Å². The summed E-state index contributed by atoms with van der Waals surface area (Å²) >= 11 is 0. The van der Waals surface area contributed by atoms with Crippen LogP contribution in [0.15, 0.2) is 48.5 Å². The lowest BCUT2D eigenvalue weighted by atomic mass is 9.77. The van der Waals surface area contributed by atoms with E-state index in [9.17, 15) is 0 Å². The Morgan fingerprint density at radius 2 is 1.41 bits per heavy atom. The van der Waals surface area contributed by atoms with E-state index >= 15 is 0 Å². The third kappa shape index (κ3) is 6.02. The van der Waals surface area contributed by atoms with Crippen molar-refractivity contribution in [2.24, 2.45) is 5.92 Å². The first kappa shape index (κ1) is 19.8. The molecule has 1 aliphatic rings. The highest BCUT2D eigenvalue weighted by Crippen LogP contribution is 2.38. The molecule has 1 fully saturated rings. The highest BCUT2D eigenvalue weighted by molar-refractivity contribution is 5.31. The fourth-order valence-corrected chi connectivity index (χ4v) is 4.13. The van der Waals surface area contributed by atoms with Gasteiger partial charge in [0, 0.05) is 0 Å². The van der Waals surface area contributed by atoms with E-state index in [2.05, 4.69) is 43.3 Å². The lowest BCUT2D eigenvalue weighted by Gasteiger charge is -2.28. The third-order valence-corrected chi connectivity index (χ3v) is 5.80. The molecule has 0 saturated heterocycles. The van der Waals surface area contributed by atoms with Crippen LogP contribution in [-0.2, 0) is 6.61 Å². The monoisotopic (exact) mass is 366 g/mol. The average Bonchev–Trinajstić information content (AvgIpc) is 2.73. The van der Waals surface area contributed by atoms with Gasteiger partial charge in [-0.3, -0.25) is 0 Å². The Bertz CT molecular complexity index is 652. The summed E-state index contributed by atoms with van der Waals surface area (Å²) in [5.41, 5.74) is 2.64. The Hall–Kier alpha value is -1.96. The van der Waals surface area contributed by atoms with Crippen molar-refractivity contribution in [3.05, 3.63) is 59.7 Å². The SMILES string of the molecule is CCCC[C@H]1CC[C@H](c2ccc(OCc3ccc(OCC)cc3)cc2)CC1. The summed E-state index contributed by atoms with van der Waals surface area (Å²) in [5, 5.41) is 0. The third-order valence-electron chi connectivity index (χ3n) is 5.80. The molecule has 0 radical (unpaired) electrons. The van der Waals surface area contributed by atoms with Crippen molar-refractivity contribution in [3.63, 3.8) is 0 Å². The zero-order valence-electron chi connectivity index (χ0n) is 17.0. The fourth-order valence-electron chi connectivity index (χ4n) is 4.13. The minimum atomic E-state index is 0.592. The second-order valence-corrected chi connectivity index (χ2v) is 7.79. The van der Waals surface area contributed by atoms with Crippen molar-refractivity contribution in [2.45, 2.75) is 71.3 Å². The van der Waals surface area contributed by atoms with E-state index in [-0.39, 0.29) is 0 Å². The van der Waals surface area contributed by atoms with Gasteiger partial charge in [-0.2, -0.15) is 0 Å². The van der Waals surface area contributed by atoms with Gasteiger partial charge in [0.25, 0.3) is 0 Å². The maximum atomic E-state index is 5.95. The summed E-state index contributed by atoms with van der Waals surface area (Å²) in [6.45, 7) is 5.58. The number of unbranched alkanes of at least 4 members (excludes halogenated alkanes) is 1. The molecule has 2 aromatic rings. The number of rotatable bonds is 9. The summed E-state index contributed by atoms with van der Waals surface area (Å²) in [7, 11) is 0. The maximum absolute atomic E-state index is 5.95. The van der Waals surface area contributed by atoms with Crippen LogP contribution in [0, 0.1) is 5.92 Å². The van der Waals surface area contributed by atoms with Crippen molar-refractivity contribution in [1.82, 2.24) is 0 Å². The van der Waals surface area contributed by atoms with Gasteiger partial charge in [0.15, 0.2) is 0 Å². The molecular formula is C25H34O2. The topological polar surface area (TPSA) is 18.5 Å². The molecule has 0 unspecified atom stereocenters. The van der Waals surface area contributed by atoms with Crippen molar-refractivity contribution in [3.8, 4) is 11.5 Å². The molecule has 0 atom stereocenters. The molecule has 1 saturated carbocycles. The molecule has 146 valence electrons. The average molecular weight is 367 g/mol. The Morgan fingerprint density at radius 1 is 0.778 bits per heavy atom. The lowest BCUT2D eigenvalue weighted by molar-refractivity contribution is 0.301. The van der Waals surface area contributed by atoms with E-state index < -0.39 is 0 Å². The first-order valence-electron chi connectivity index (χ1n) is 10.7. The summed E-state index contributed by atoms with van der Waals surface area (Å²) in [5.74, 6) is 3.57. The lowest BCUT2D eigenvalue weighted by Crippen LogP contribution is -2.13. The quantitative estimate of drug-likeness (QED) is 0.470. The van der Waals surface area contributed by atoms with E-state index in [0.29, 0.717) is 13.2 Å². The number of hydrogen-bond acceptors (Lipinski definition) is 2. The minimum absolute atomic E-state index is 0.592. The molecule has 0 amide bonds. The van der Waals surface area contributed by atoms with Gasteiger partial charge < -0.3 is 9.47 Å². The van der Waals surface area contributed by atoms with Crippen molar-refractivity contribution in [2.75, 3.05) is 6.61 Å². The molecule has 0 aromatic heterocycles. The summed E-state index contributed by atoms with van der Waals surface area (Å²) in [6.07, 6.45) is 9.66. The Kier molecular flexibility index (Phi) is 7.62. The molecule has 2 nitrogen and oxygen atoms in total. The summed E-state index contributed by atoms with van der Waals surface area (Å²) in [4.78, 5) is 0. The molecule has 0 N–H and O–H groups in total. The maximum Gasteiger partial charge on any atom is 0.119 e. The van der Waals surface area contributed by atoms with Gasteiger partial charge in [-0.05, 0) is 79.8 Å². The van der Waals surface area contributed by atoms with Crippen LogP contribution in [-0.4, -0.2) is 6.61 Å². The van der Waals surface area contributed by atoms with E-state index in [1.165, 1.54) is 50.5 Å².